The highest BCUT2D eigenvalue weighted by Crippen LogP contribution is 2.52. The summed E-state index contributed by atoms with van der Waals surface area (Å²) < 4.78 is 35.7. The Kier molecular flexibility index (Phi) is 4.44. The smallest absolute Gasteiger partial charge is 0.395 e. The molecular weight excluding hydrogens is 418 g/mol. The van der Waals surface area contributed by atoms with Gasteiger partial charge in [0.15, 0.2) is 11.5 Å². The van der Waals surface area contributed by atoms with E-state index in [-0.39, 0.29) is 30.7 Å². The molecule has 0 radical (unpaired) electrons. The first-order chi connectivity index (χ1) is 15.2. The number of Topliss-reactive ketones (excluding diaryl/α,β-unsaturated/α-hetero) is 1. The summed E-state index contributed by atoms with van der Waals surface area (Å²) in [5, 5.41) is 0. The van der Waals surface area contributed by atoms with Crippen molar-refractivity contribution < 1.29 is 24.5 Å². The van der Waals surface area contributed by atoms with Crippen molar-refractivity contribution in [2.45, 2.75) is 44.8 Å². The highest BCUT2D eigenvalue weighted by Gasteiger charge is 2.52. The number of alkyl halides is 2. The first-order valence-corrected chi connectivity index (χ1v) is 10.3. The minimum atomic E-state index is -3.69. The fraction of sp³-hybridized carbons (Fsp3) is 0.292. The van der Waals surface area contributed by atoms with Crippen LogP contribution in [0.3, 0.4) is 0 Å². The third-order valence-electron chi connectivity index (χ3n) is 6.12. The highest BCUT2D eigenvalue weighted by molar-refractivity contribution is 5.94. The van der Waals surface area contributed by atoms with Gasteiger partial charge in [-0.3, -0.25) is 14.6 Å². The predicted octanol–water partition coefficient (Wildman–Crippen LogP) is 4.46. The summed E-state index contributed by atoms with van der Waals surface area (Å²) >= 11 is 0. The maximum atomic E-state index is 13.3. The van der Waals surface area contributed by atoms with Crippen LogP contribution in [0.25, 0.3) is 11.3 Å². The second-order valence-corrected chi connectivity index (χ2v) is 8.37. The van der Waals surface area contributed by atoms with E-state index in [9.17, 15) is 18.4 Å². The van der Waals surface area contributed by atoms with E-state index in [0.717, 1.165) is 16.7 Å². The molecule has 1 N–H and O–H groups in total. The first-order valence-electron chi connectivity index (χ1n) is 10.3. The van der Waals surface area contributed by atoms with Crippen molar-refractivity contribution >= 4 is 5.78 Å². The Hall–Kier alpha value is -3.55. The Morgan fingerprint density at radius 2 is 1.84 bits per heavy atom. The van der Waals surface area contributed by atoms with Gasteiger partial charge in [0.25, 0.3) is 0 Å². The van der Waals surface area contributed by atoms with Crippen LogP contribution < -0.4 is 15.0 Å². The van der Waals surface area contributed by atoms with E-state index in [1.807, 2.05) is 26.0 Å². The van der Waals surface area contributed by atoms with Crippen molar-refractivity contribution in [1.82, 2.24) is 9.97 Å². The zero-order valence-corrected chi connectivity index (χ0v) is 17.5. The topological polar surface area (TPSA) is 81.3 Å². The molecule has 1 saturated carbocycles. The second-order valence-electron chi connectivity index (χ2n) is 8.37. The number of ketones is 1. The lowest BCUT2D eigenvalue weighted by molar-refractivity contribution is -0.286. The quantitative estimate of drug-likeness (QED) is 0.633. The number of ether oxygens (including phenoxy) is 2. The monoisotopic (exact) mass is 440 g/mol. The minimum absolute atomic E-state index is 0. The number of hydrogen-bond acceptors (Lipinski definition) is 5. The zero-order valence-electron chi connectivity index (χ0n) is 17.5. The molecule has 6 nitrogen and oxygen atoms in total. The van der Waals surface area contributed by atoms with Gasteiger partial charge in [-0.25, -0.2) is 0 Å². The number of pyridine rings is 2. The van der Waals surface area contributed by atoms with Crippen LogP contribution in [0.1, 0.15) is 36.7 Å². The van der Waals surface area contributed by atoms with Crippen LogP contribution >= 0.6 is 0 Å². The van der Waals surface area contributed by atoms with Crippen LogP contribution in [0.15, 0.2) is 47.4 Å². The number of carbonyl (C=O) groups excluding carboxylic acids is 1. The van der Waals surface area contributed by atoms with Crippen molar-refractivity contribution in [3.8, 4) is 22.8 Å². The normalized spacial score (nSPS) is 17.2. The summed E-state index contributed by atoms with van der Waals surface area (Å²) in [6.07, 6.45) is -0.674. The van der Waals surface area contributed by atoms with E-state index >= 15 is 0 Å². The number of aryl methyl sites for hydroxylation is 2. The van der Waals surface area contributed by atoms with Crippen LogP contribution in [0.5, 0.6) is 11.5 Å². The average molecular weight is 440 g/mol. The van der Waals surface area contributed by atoms with Crippen molar-refractivity contribution in [3.63, 3.8) is 0 Å². The molecule has 0 saturated heterocycles. The Labute approximate surface area is 183 Å². The summed E-state index contributed by atoms with van der Waals surface area (Å²) in [5.74, 6) is -0.123. The van der Waals surface area contributed by atoms with Crippen LogP contribution in [0.2, 0.25) is 0 Å². The molecule has 2 aromatic heterocycles. The molecule has 0 bridgehead atoms. The Balaban J connectivity index is 0.00000259. The van der Waals surface area contributed by atoms with Crippen LogP contribution in [-0.4, -0.2) is 22.0 Å². The molecule has 1 fully saturated rings. The average Bonchev–Trinajstić information content (AvgIpc) is 3.47. The maximum Gasteiger partial charge on any atom is 0.586 e. The number of nitrogens with zero attached hydrogens (tertiary/aromatic N) is 1. The minimum Gasteiger partial charge on any atom is -0.395 e. The van der Waals surface area contributed by atoms with Gasteiger partial charge in [-0.05, 0) is 61.6 Å². The summed E-state index contributed by atoms with van der Waals surface area (Å²) in [7, 11) is 0. The van der Waals surface area contributed by atoms with Gasteiger partial charge in [0.05, 0.1) is 11.1 Å². The molecule has 0 amide bonds. The number of nitrogens with one attached hydrogen (secondary N) is 1. The maximum absolute atomic E-state index is 13.3. The van der Waals surface area contributed by atoms with E-state index < -0.39 is 11.7 Å². The van der Waals surface area contributed by atoms with Crippen molar-refractivity contribution in [2.24, 2.45) is 0 Å². The third kappa shape index (κ3) is 3.45. The molecular formula is C24H22F2N2O4. The number of aromatic nitrogens is 2. The largest absolute Gasteiger partial charge is 0.586 e. The number of rotatable bonds is 5. The predicted molar refractivity (Wildman–Crippen MR) is 114 cm³/mol. The van der Waals surface area contributed by atoms with Crippen LogP contribution in [0, 0.1) is 13.8 Å². The molecule has 0 atom stereocenters. The summed E-state index contributed by atoms with van der Waals surface area (Å²) in [6, 6.07) is 9.76. The molecule has 1 aromatic carbocycles. The number of hydrogen-bond donors (Lipinski definition) is 1. The number of carbonyl (C=O) groups is 1. The third-order valence-corrected chi connectivity index (χ3v) is 6.12. The van der Waals surface area contributed by atoms with Crippen molar-refractivity contribution in [1.29, 1.82) is 0 Å². The van der Waals surface area contributed by atoms with Gasteiger partial charge in [0.1, 0.15) is 5.78 Å². The molecule has 1 aliphatic carbocycles. The van der Waals surface area contributed by atoms with E-state index in [4.69, 9.17) is 4.98 Å². The van der Waals surface area contributed by atoms with Gasteiger partial charge in [0, 0.05) is 31.4 Å². The van der Waals surface area contributed by atoms with E-state index in [2.05, 4.69) is 14.5 Å². The van der Waals surface area contributed by atoms with Gasteiger partial charge in [-0.15, -0.1) is 8.78 Å². The molecule has 166 valence electrons. The molecule has 32 heavy (non-hydrogen) atoms. The molecule has 2 aliphatic rings. The molecule has 0 spiro atoms. The molecule has 8 heteroatoms. The fourth-order valence-corrected chi connectivity index (χ4v) is 4.20. The molecule has 5 rings (SSSR count). The van der Waals surface area contributed by atoms with Crippen LogP contribution in [-0.2, 0) is 16.6 Å². The van der Waals surface area contributed by atoms with Crippen LogP contribution in [0.4, 0.5) is 8.78 Å². The Morgan fingerprint density at radius 1 is 1.09 bits per heavy atom. The Bertz CT molecular complexity index is 1320. The SMILES string of the molecule is Cc1cc(=O)[nH]cc1-c1nc(CC(=O)C2(c3ccc4c(c3)OC(F)(F)O4)CC2)ccc1C.[HH]. The molecule has 3 aromatic rings. The summed E-state index contributed by atoms with van der Waals surface area (Å²) in [5.41, 5.74) is 3.57. The molecule has 3 heterocycles. The first kappa shape index (κ1) is 20.4. The second kappa shape index (κ2) is 6.98. The number of halogens is 2. The number of benzene rings is 1. The molecule has 1 aliphatic heterocycles. The Morgan fingerprint density at radius 3 is 2.56 bits per heavy atom. The van der Waals surface area contributed by atoms with E-state index in [1.54, 1.807) is 12.3 Å². The fourth-order valence-electron chi connectivity index (χ4n) is 4.20. The summed E-state index contributed by atoms with van der Waals surface area (Å²) in [4.78, 5) is 32.2. The number of fused-ring (bicyclic) bond motifs is 1. The van der Waals surface area contributed by atoms with E-state index in [0.29, 0.717) is 29.8 Å². The highest BCUT2D eigenvalue weighted by atomic mass is 19.3. The van der Waals surface area contributed by atoms with Gasteiger partial charge >= 0.3 is 6.29 Å². The van der Waals surface area contributed by atoms with Gasteiger partial charge in [0.2, 0.25) is 5.56 Å². The van der Waals surface area contributed by atoms with Gasteiger partial charge in [-0.2, -0.15) is 0 Å². The van der Waals surface area contributed by atoms with Gasteiger partial charge in [-0.1, -0.05) is 12.1 Å². The number of H-pyrrole nitrogens is 1. The number of aromatic amines is 1. The molecule has 0 unspecified atom stereocenters. The standard InChI is InChI=1S/C24H20F2N2O4.H2/c1-13-3-5-16(28-22(13)17-12-27-21(30)9-14(17)2)11-20(29)23(7-8-23)15-4-6-18-19(10-15)32-24(25,26)31-18;/h3-6,9-10,12H,7-8,11H2,1-2H3,(H,27,30);1H. The lowest BCUT2D eigenvalue weighted by Gasteiger charge is -2.16. The lowest BCUT2D eigenvalue weighted by Crippen LogP contribution is -2.26. The van der Waals surface area contributed by atoms with E-state index in [1.165, 1.54) is 18.2 Å². The van der Waals surface area contributed by atoms with Crippen molar-refractivity contribution in [3.05, 3.63) is 75.3 Å². The van der Waals surface area contributed by atoms with Crippen molar-refractivity contribution in [2.75, 3.05) is 0 Å². The zero-order chi connectivity index (χ0) is 22.7. The lowest BCUT2D eigenvalue weighted by atomic mass is 9.88. The van der Waals surface area contributed by atoms with Gasteiger partial charge < -0.3 is 14.5 Å². The summed E-state index contributed by atoms with van der Waals surface area (Å²) in [6.45, 7) is 3.76.